The average Bonchev–Trinajstić information content (AvgIpc) is 2.61. The summed E-state index contributed by atoms with van der Waals surface area (Å²) in [5.74, 6) is 1.55. The van der Waals surface area contributed by atoms with E-state index in [1.54, 1.807) is 24.3 Å². The second-order valence-electron chi connectivity index (χ2n) is 5.64. The number of hydrogen-bond donors (Lipinski definition) is 2. The van der Waals surface area contributed by atoms with Gasteiger partial charge in [-0.1, -0.05) is 17.7 Å². The lowest BCUT2D eigenvalue weighted by molar-refractivity contribution is 0.260. The van der Waals surface area contributed by atoms with Crippen molar-refractivity contribution >= 4 is 29.0 Å². The number of benzene rings is 2. The van der Waals surface area contributed by atoms with Gasteiger partial charge >= 0.3 is 6.03 Å². The van der Waals surface area contributed by atoms with E-state index < -0.39 is 6.03 Å². The molecule has 0 saturated heterocycles. The number of rotatable bonds is 8. The molecule has 7 heteroatoms. The zero-order valence-corrected chi connectivity index (χ0v) is 16.8. The van der Waals surface area contributed by atoms with Crippen LogP contribution in [0.3, 0.4) is 0 Å². The van der Waals surface area contributed by atoms with Crippen LogP contribution in [0, 0.1) is 6.92 Å². The molecule has 27 heavy (non-hydrogen) atoms. The molecule has 0 saturated carbocycles. The second kappa shape index (κ2) is 9.92. The number of carbonyl (C=O) groups excluding carboxylic acids is 1. The minimum atomic E-state index is -0.394. The van der Waals surface area contributed by atoms with E-state index in [1.165, 1.54) is 0 Å². The van der Waals surface area contributed by atoms with Crippen LogP contribution in [-0.2, 0) is 0 Å². The highest BCUT2D eigenvalue weighted by Gasteiger charge is 2.16. The Balaban J connectivity index is 2.26. The molecule has 146 valence electrons. The third kappa shape index (κ3) is 5.69. The molecule has 2 amide bonds. The Morgan fingerprint density at radius 3 is 2.07 bits per heavy atom. The molecule has 0 heterocycles. The van der Waals surface area contributed by atoms with Crippen LogP contribution in [0.5, 0.6) is 17.2 Å². The summed E-state index contributed by atoms with van der Waals surface area (Å²) in [6.45, 7) is 8.94. The van der Waals surface area contributed by atoms with Gasteiger partial charge in [0.2, 0.25) is 5.75 Å². The Morgan fingerprint density at radius 2 is 1.52 bits per heavy atom. The first-order valence-electron chi connectivity index (χ1n) is 8.89. The molecule has 0 aliphatic carbocycles. The molecule has 0 atom stereocenters. The summed E-state index contributed by atoms with van der Waals surface area (Å²) in [7, 11) is 0. The van der Waals surface area contributed by atoms with Crippen molar-refractivity contribution in [3.05, 3.63) is 40.9 Å². The molecule has 6 nitrogen and oxygen atoms in total. The average molecular weight is 393 g/mol. The van der Waals surface area contributed by atoms with Gasteiger partial charge in [-0.2, -0.15) is 0 Å². The summed E-state index contributed by atoms with van der Waals surface area (Å²) in [4.78, 5) is 12.4. The molecule has 2 aromatic rings. The Hall–Kier alpha value is -2.60. The van der Waals surface area contributed by atoms with Crippen LogP contribution in [0.2, 0.25) is 5.02 Å². The molecule has 0 aliphatic heterocycles. The fourth-order valence-corrected chi connectivity index (χ4v) is 2.65. The van der Waals surface area contributed by atoms with Gasteiger partial charge in [0.25, 0.3) is 0 Å². The van der Waals surface area contributed by atoms with Crippen molar-refractivity contribution in [1.82, 2.24) is 0 Å². The van der Waals surface area contributed by atoms with E-state index in [-0.39, 0.29) is 0 Å². The smallest absolute Gasteiger partial charge is 0.323 e. The maximum Gasteiger partial charge on any atom is 0.323 e. The number of ether oxygens (including phenoxy) is 3. The van der Waals surface area contributed by atoms with E-state index in [0.717, 1.165) is 5.56 Å². The highest BCUT2D eigenvalue weighted by molar-refractivity contribution is 6.31. The molecule has 0 radical (unpaired) electrons. The third-order valence-electron chi connectivity index (χ3n) is 3.61. The van der Waals surface area contributed by atoms with Gasteiger partial charge < -0.3 is 24.8 Å². The van der Waals surface area contributed by atoms with Gasteiger partial charge in [0.1, 0.15) is 0 Å². The van der Waals surface area contributed by atoms with E-state index in [2.05, 4.69) is 10.6 Å². The predicted molar refractivity (Wildman–Crippen MR) is 109 cm³/mol. The van der Waals surface area contributed by atoms with Crippen molar-refractivity contribution in [2.45, 2.75) is 27.7 Å². The SMILES string of the molecule is CCOc1cc(NC(=O)Nc2cc(Cl)ccc2C)cc(OCC)c1OCC. The summed E-state index contributed by atoms with van der Waals surface area (Å²) < 4.78 is 17.0. The zero-order valence-electron chi connectivity index (χ0n) is 16.0. The number of urea groups is 1. The van der Waals surface area contributed by atoms with Crippen molar-refractivity contribution in [2.24, 2.45) is 0 Å². The molecule has 0 unspecified atom stereocenters. The number of anilines is 2. The molecule has 2 rings (SSSR count). The van der Waals surface area contributed by atoms with Crippen molar-refractivity contribution in [2.75, 3.05) is 30.5 Å². The molecule has 0 bridgehead atoms. The number of nitrogens with one attached hydrogen (secondary N) is 2. The summed E-state index contributed by atoms with van der Waals surface area (Å²) in [6.07, 6.45) is 0. The minimum absolute atomic E-state index is 0.394. The van der Waals surface area contributed by atoms with Crippen LogP contribution < -0.4 is 24.8 Å². The van der Waals surface area contributed by atoms with Crippen LogP contribution in [0.15, 0.2) is 30.3 Å². The van der Waals surface area contributed by atoms with Crippen molar-refractivity contribution in [3.63, 3.8) is 0 Å². The topological polar surface area (TPSA) is 68.8 Å². The van der Waals surface area contributed by atoms with E-state index in [9.17, 15) is 4.79 Å². The van der Waals surface area contributed by atoms with Crippen LogP contribution in [0.4, 0.5) is 16.2 Å². The number of amides is 2. The molecule has 0 spiro atoms. The summed E-state index contributed by atoms with van der Waals surface area (Å²) in [5.41, 5.74) is 2.08. The second-order valence-corrected chi connectivity index (χ2v) is 6.08. The molecule has 0 fully saturated rings. The fraction of sp³-hybridized carbons (Fsp3) is 0.350. The van der Waals surface area contributed by atoms with Gasteiger partial charge in [0.05, 0.1) is 25.5 Å². The predicted octanol–water partition coefficient (Wildman–Crippen LogP) is 5.49. The number of hydrogen-bond acceptors (Lipinski definition) is 4. The van der Waals surface area contributed by atoms with Gasteiger partial charge in [0.15, 0.2) is 11.5 Å². The van der Waals surface area contributed by atoms with E-state index in [0.29, 0.717) is 53.5 Å². The van der Waals surface area contributed by atoms with E-state index in [1.807, 2.05) is 33.8 Å². The minimum Gasteiger partial charge on any atom is -0.490 e. The van der Waals surface area contributed by atoms with Crippen LogP contribution >= 0.6 is 11.6 Å². The Kier molecular flexibility index (Phi) is 7.61. The molecular weight excluding hydrogens is 368 g/mol. The van der Waals surface area contributed by atoms with Gasteiger partial charge in [-0.15, -0.1) is 0 Å². The number of carbonyl (C=O) groups is 1. The van der Waals surface area contributed by atoms with Gasteiger partial charge in [0, 0.05) is 22.8 Å². The highest BCUT2D eigenvalue weighted by atomic mass is 35.5. The molecule has 2 aromatic carbocycles. The van der Waals surface area contributed by atoms with Crippen molar-refractivity contribution in [3.8, 4) is 17.2 Å². The molecule has 0 aliphatic rings. The standard InChI is InChI=1S/C20H25ClN2O4/c1-5-25-17-11-15(12-18(26-6-2)19(17)27-7-3)22-20(24)23-16-10-14(21)9-8-13(16)4/h8-12H,5-7H2,1-4H3,(H2,22,23,24). The molecule has 2 N–H and O–H groups in total. The highest BCUT2D eigenvalue weighted by Crippen LogP contribution is 2.40. The lowest BCUT2D eigenvalue weighted by Gasteiger charge is -2.18. The third-order valence-corrected chi connectivity index (χ3v) is 3.85. The lowest BCUT2D eigenvalue weighted by atomic mass is 10.2. The molecular formula is C20H25ClN2O4. The van der Waals surface area contributed by atoms with Gasteiger partial charge in [-0.25, -0.2) is 4.79 Å². The van der Waals surface area contributed by atoms with E-state index in [4.69, 9.17) is 25.8 Å². The Morgan fingerprint density at radius 1 is 0.926 bits per heavy atom. The first-order valence-corrected chi connectivity index (χ1v) is 9.26. The lowest BCUT2D eigenvalue weighted by Crippen LogP contribution is -2.20. The zero-order chi connectivity index (χ0) is 19.8. The normalized spacial score (nSPS) is 10.3. The maximum atomic E-state index is 12.4. The Labute approximate surface area is 164 Å². The first kappa shape index (κ1) is 20.7. The van der Waals surface area contributed by atoms with Crippen LogP contribution in [-0.4, -0.2) is 25.9 Å². The Bertz CT molecular complexity index is 769. The van der Waals surface area contributed by atoms with Gasteiger partial charge in [-0.3, -0.25) is 0 Å². The van der Waals surface area contributed by atoms with Crippen LogP contribution in [0.25, 0.3) is 0 Å². The number of aryl methyl sites for hydroxylation is 1. The van der Waals surface area contributed by atoms with Gasteiger partial charge in [-0.05, 0) is 45.4 Å². The quantitative estimate of drug-likeness (QED) is 0.623. The van der Waals surface area contributed by atoms with E-state index >= 15 is 0 Å². The van der Waals surface area contributed by atoms with Crippen LogP contribution in [0.1, 0.15) is 26.3 Å². The van der Waals surface area contributed by atoms with Crippen molar-refractivity contribution in [1.29, 1.82) is 0 Å². The summed E-state index contributed by atoms with van der Waals surface area (Å²) in [6, 6.07) is 8.34. The molecule has 0 aromatic heterocycles. The summed E-state index contributed by atoms with van der Waals surface area (Å²) in [5, 5.41) is 6.14. The fourth-order valence-electron chi connectivity index (χ4n) is 2.47. The number of halogens is 1. The maximum absolute atomic E-state index is 12.4. The monoisotopic (exact) mass is 392 g/mol. The summed E-state index contributed by atoms with van der Waals surface area (Å²) >= 11 is 6.00. The van der Waals surface area contributed by atoms with Crippen molar-refractivity contribution < 1.29 is 19.0 Å². The largest absolute Gasteiger partial charge is 0.490 e. The first-order chi connectivity index (χ1) is 13.0.